The van der Waals surface area contributed by atoms with E-state index in [2.05, 4.69) is 5.32 Å². The summed E-state index contributed by atoms with van der Waals surface area (Å²) in [6.45, 7) is 1.41. The molecule has 0 unspecified atom stereocenters. The number of hydrogen-bond donors (Lipinski definition) is 2. The van der Waals surface area contributed by atoms with Gasteiger partial charge in [-0.25, -0.2) is 0 Å². The molecule has 1 amide bonds. The molecule has 0 atom stereocenters. The number of para-hydroxylation sites is 1. The van der Waals surface area contributed by atoms with Crippen molar-refractivity contribution in [2.24, 2.45) is 5.41 Å². The fraction of sp³-hybridized carbons (Fsp3) is 0.533. The third kappa shape index (κ3) is 3.22. The number of benzene rings is 1. The van der Waals surface area contributed by atoms with E-state index in [1.807, 2.05) is 0 Å². The van der Waals surface area contributed by atoms with Crippen molar-refractivity contribution in [3.8, 4) is 5.75 Å². The molecule has 20 heavy (non-hydrogen) atoms. The summed E-state index contributed by atoms with van der Waals surface area (Å²) in [6.07, 6.45) is 3.27. The fourth-order valence-electron chi connectivity index (χ4n) is 2.29. The number of carbonyl (C=O) groups is 1. The van der Waals surface area contributed by atoms with Crippen molar-refractivity contribution >= 4 is 11.6 Å². The van der Waals surface area contributed by atoms with E-state index in [0.29, 0.717) is 23.5 Å². The largest absolute Gasteiger partial charge is 0.495 e. The van der Waals surface area contributed by atoms with Crippen LogP contribution in [0.15, 0.2) is 18.2 Å². The van der Waals surface area contributed by atoms with Crippen LogP contribution in [0.2, 0.25) is 0 Å². The zero-order valence-electron chi connectivity index (χ0n) is 12.1. The standard InChI is InChI=1S/C15H22N2O3/c1-19-9-8-15(6-7-15)10-17-14(18)11-4-3-5-12(20-2)13(11)16/h3-5H,6-10,16H2,1-2H3,(H,17,18). The van der Waals surface area contributed by atoms with Gasteiger partial charge < -0.3 is 20.5 Å². The molecule has 110 valence electrons. The van der Waals surface area contributed by atoms with Crippen molar-refractivity contribution in [2.45, 2.75) is 19.3 Å². The first-order chi connectivity index (χ1) is 9.62. The molecule has 1 aliphatic carbocycles. The summed E-state index contributed by atoms with van der Waals surface area (Å²) in [4.78, 5) is 12.2. The van der Waals surface area contributed by atoms with Gasteiger partial charge >= 0.3 is 0 Å². The normalized spacial score (nSPS) is 15.7. The van der Waals surface area contributed by atoms with Gasteiger partial charge in [0, 0.05) is 20.3 Å². The van der Waals surface area contributed by atoms with Crippen molar-refractivity contribution in [1.29, 1.82) is 0 Å². The molecule has 5 nitrogen and oxygen atoms in total. The lowest BCUT2D eigenvalue weighted by atomic mass is 10.0. The first-order valence-corrected chi connectivity index (χ1v) is 6.81. The number of carbonyl (C=O) groups excluding carboxylic acids is 1. The Balaban J connectivity index is 1.96. The van der Waals surface area contributed by atoms with Crippen LogP contribution in [0.3, 0.4) is 0 Å². The summed E-state index contributed by atoms with van der Waals surface area (Å²) in [6, 6.07) is 5.22. The van der Waals surface area contributed by atoms with Crippen molar-refractivity contribution in [1.82, 2.24) is 5.32 Å². The molecule has 0 aliphatic heterocycles. The SMILES string of the molecule is COCCC1(CNC(=O)c2cccc(OC)c2N)CC1. The van der Waals surface area contributed by atoms with E-state index in [9.17, 15) is 4.79 Å². The van der Waals surface area contributed by atoms with Gasteiger partial charge in [-0.15, -0.1) is 0 Å². The number of amides is 1. The van der Waals surface area contributed by atoms with Crippen LogP contribution in [-0.4, -0.2) is 33.3 Å². The number of rotatable bonds is 7. The second-order valence-electron chi connectivity index (χ2n) is 5.35. The fourth-order valence-corrected chi connectivity index (χ4v) is 2.29. The Morgan fingerprint density at radius 2 is 2.15 bits per heavy atom. The number of nitrogens with one attached hydrogen (secondary N) is 1. The molecule has 0 radical (unpaired) electrons. The Kier molecular flexibility index (Phi) is 4.49. The highest BCUT2D eigenvalue weighted by Gasteiger charge is 2.42. The molecule has 5 heteroatoms. The van der Waals surface area contributed by atoms with Crippen molar-refractivity contribution < 1.29 is 14.3 Å². The minimum Gasteiger partial charge on any atom is -0.495 e. The van der Waals surface area contributed by atoms with Gasteiger partial charge in [-0.3, -0.25) is 4.79 Å². The first kappa shape index (κ1) is 14.7. The number of ether oxygens (including phenoxy) is 2. The van der Waals surface area contributed by atoms with Crippen LogP contribution in [-0.2, 0) is 4.74 Å². The van der Waals surface area contributed by atoms with E-state index in [-0.39, 0.29) is 11.3 Å². The molecule has 0 saturated heterocycles. The number of hydrogen-bond acceptors (Lipinski definition) is 4. The second-order valence-corrected chi connectivity index (χ2v) is 5.35. The van der Waals surface area contributed by atoms with E-state index < -0.39 is 0 Å². The summed E-state index contributed by atoms with van der Waals surface area (Å²) in [5, 5.41) is 2.97. The number of nitrogens with two attached hydrogens (primary N) is 1. The highest BCUT2D eigenvalue weighted by atomic mass is 16.5. The van der Waals surface area contributed by atoms with Gasteiger partial charge in [0.25, 0.3) is 5.91 Å². The van der Waals surface area contributed by atoms with Gasteiger partial charge in [-0.1, -0.05) is 6.07 Å². The summed E-state index contributed by atoms with van der Waals surface area (Å²) in [7, 11) is 3.24. The van der Waals surface area contributed by atoms with E-state index in [1.165, 1.54) is 7.11 Å². The van der Waals surface area contributed by atoms with E-state index in [0.717, 1.165) is 25.9 Å². The molecule has 0 heterocycles. The highest BCUT2D eigenvalue weighted by Crippen LogP contribution is 2.48. The Morgan fingerprint density at radius 3 is 2.75 bits per heavy atom. The summed E-state index contributed by atoms with van der Waals surface area (Å²) in [5.41, 5.74) is 6.99. The molecule has 2 rings (SSSR count). The Hall–Kier alpha value is -1.75. The maximum absolute atomic E-state index is 12.2. The molecular formula is C15H22N2O3. The predicted molar refractivity (Wildman–Crippen MR) is 77.9 cm³/mol. The molecule has 1 aliphatic rings. The van der Waals surface area contributed by atoms with Crippen LogP contribution >= 0.6 is 0 Å². The molecule has 1 aromatic rings. The van der Waals surface area contributed by atoms with E-state index in [1.54, 1.807) is 25.3 Å². The number of nitrogen functional groups attached to an aromatic ring is 1. The molecule has 1 fully saturated rings. The molecule has 0 bridgehead atoms. The number of anilines is 1. The van der Waals surface area contributed by atoms with Crippen molar-refractivity contribution in [2.75, 3.05) is 33.1 Å². The highest BCUT2D eigenvalue weighted by molar-refractivity contribution is 6.00. The summed E-state index contributed by atoms with van der Waals surface area (Å²) in [5.74, 6) is 0.378. The average molecular weight is 278 g/mol. The smallest absolute Gasteiger partial charge is 0.253 e. The van der Waals surface area contributed by atoms with Crippen LogP contribution in [0.5, 0.6) is 5.75 Å². The van der Waals surface area contributed by atoms with Crippen LogP contribution in [0.4, 0.5) is 5.69 Å². The van der Waals surface area contributed by atoms with Gasteiger partial charge in [0.05, 0.1) is 18.4 Å². The third-order valence-electron chi connectivity index (χ3n) is 3.95. The van der Waals surface area contributed by atoms with Crippen LogP contribution in [0.25, 0.3) is 0 Å². The molecule has 0 spiro atoms. The van der Waals surface area contributed by atoms with Gasteiger partial charge in [-0.05, 0) is 36.8 Å². The monoisotopic (exact) mass is 278 g/mol. The average Bonchev–Trinajstić information content (AvgIpc) is 3.23. The van der Waals surface area contributed by atoms with E-state index in [4.69, 9.17) is 15.2 Å². The molecular weight excluding hydrogens is 256 g/mol. The Labute approximate surface area is 119 Å². The van der Waals surface area contributed by atoms with Crippen LogP contribution < -0.4 is 15.8 Å². The zero-order valence-corrected chi connectivity index (χ0v) is 12.1. The van der Waals surface area contributed by atoms with Gasteiger partial charge in [0.2, 0.25) is 0 Å². The third-order valence-corrected chi connectivity index (χ3v) is 3.95. The molecule has 1 saturated carbocycles. The minimum absolute atomic E-state index is 0.148. The van der Waals surface area contributed by atoms with Crippen LogP contribution in [0.1, 0.15) is 29.6 Å². The lowest BCUT2D eigenvalue weighted by Crippen LogP contribution is -2.31. The molecule has 3 N–H and O–H groups in total. The second kappa shape index (κ2) is 6.13. The summed E-state index contributed by atoms with van der Waals surface area (Å²) >= 11 is 0. The van der Waals surface area contributed by atoms with E-state index >= 15 is 0 Å². The molecule has 1 aromatic carbocycles. The lowest BCUT2D eigenvalue weighted by Gasteiger charge is -2.16. The maximum Gasteiger partial charge on any atom is 0.253 e. The number of methoxy groups -OCH3 is 2. The van der Waals surface area contributed by atoms with Gasteiger partial charge in [0.1, 0.15) is 5.75 Å². The van der Waals surface area contributed by atoms with Crippen molar-refractivity contribution in [3.63, 3.8) is 0 Å². The minimum atomic E-state index is -0.148. The quantitative estimate of drug-likeness (QED) is 0.746. The summed E-state index contributed by atoms with van der Waals surface area (Å²) < 4.78 is 10.2. The topological polar surface area (TPSA) is 73.6 Å². The maximum atomic E-state index is 12.2. The zero-order chi connectivity index (χ0) is 14.6. The predicted octanol–water partition coefficient (Wildman–Crippen LogP) is 1.82. The van der Waals surface area contributed by atoms with Crippen LogP contribution in [0, 0.1) is 5.41 Å². The molecule has 0 aromatic heterocycles. The van der Waals surface area contributed by atoms with Crippen molar-refractivity contribution in [3.05, 3.63) is 23.8 Å². The van der Waals surface area contributed by atoms with Gasteiger partial charge in [-0.2, -0.15) is 0 Å². The lowest BCUT2D eigenvalue weighted by molar-refractivity contribution is 0.0938. The Bertz CT molecular complexity index is 484. The first-order valence-electron chi connectivity index (χ1n) is 6.81. The van der Waals surface area contributed by atoms with Gasteiger partial charge in [0.15, 0.2) is 0 Å². The Morgan fingerprint density at radius 1 is 1.40 bits per heavy atom.